The molecule has 3 nitrogen and oxygen atoms in total. The number of nitrogens with two attached hydrogens (primary N) is 1. The molecule has 0 radical (unpaired) electrons. The lowest BCUT2D eigenvalue weighted by Gasteiger charge is -2.30. The van der Waals surface area contributed by atoms with E-state index in [0.717, 1.165) is 18.6 Å². The Morgan fingerprint density at radius 2 is 2.11 bits per heavy atom. The van der Waals surface area contributed by atoms with Gasteiger partial charge in [-0.3, -0.25) is 4.79 Å². The summed E-state index contributed by atoms with van der Waals surface area (Å²) in [6.07, 6.45) is -2.94. The fourth-order valence-corrected chi connectivity index (χ4v) is 2.19. The van der Waals surface area contributed by atoms with Crippen molar-refractivity contribution in [3.8, 4) is 0 Å². The smallest absolute Gasteiger partial charge is 0.337 e. The van der Waals surface area contributed by atoms with E-state index in [4.69, 9.17) is 5.73 Å². The molecule has 1 aromatic rings. The maximum Gasteiger partial charge on any atom is 0.416 e. The van der Waals surface area contributed by atoms with Crippen LogP contribution in [0.15, 0.2) is 24.3 Å². The zero-order valence-corrected chi connectivity index (χ0v) is 10.3. The predicted molar refractivity (Wildman–Crippen MR) is 64.1 cm³/mol. The standard InChI is InChI=1S/C13H15F3N2O/c14-13(15,16)10-4-1-3-9(7-10)8-18-6-2-5-11(17)12(18)19/h1,3-4,7,11H,2,5-6,8,17H2/t11-/m1/s1. The number of hydrogen-bond donors (Lipinski definition) is 1. The third kappa shape index (κ3) is 3.26. The van der Waals surface area contributed by atoms with Crippen LogP contribution < -0.4 is 5.73 Å². The van der Waals surface area contributed by atoms with E-state index in [-0.39, 0.29) is 12.5 Å². The highest BCUT2D eigenvalue weighted by Gasteiger charge is 2.31. The number of benzene rings is 1. The SMILES string of the molecule is N[C@@H]1CCCN(Cc2cccc(C(F)(F)F)c2)C1=O. The molecule has 0 bridgehead atoms. The highest BCUT2D eigenvalue weighted by Crippen LogP contribution is 2.29. The minimum atomic E-state index is -4.36. The van der Waals surface area contributed by atoms with E-state index in [9.17, 15) is 18.0 Å². The Labute approximate surface area is 109 Å². The summed E-state index contributed by atoms with van der Waals surface area (Å²) in [5.41, 5.74) is 5.42. The van der Waals surface area contributed by atoms with Gasteiger partial charge in [-0.25, -0.2) is 0 Å². The number of alkyl halides is 3. The highest BCUT2D eigenvalue weighted by atomic mass is 19.4. The molecule has 1 saturated heterocycles. The molecule has 6 heteroatoms. The Balaban J connectivity index is 2.13. The van der Waals surface area contributed by atoms with Crippen molar-refractivity contribution in [1.29, 1.82) is 0 Å². The Morgan fingerprint density at radius 1 is 1.37 bits per heavy atom. The number of rotatable bonds is 2. The number of carbonyl (C=O) groups is 1. The maximum absolute atomic E-state index is 12.6. The highest BCUT2D eigenvalue weighted by molar-refractivity contribution is 5.82. The molecule has 1 aromatic carbocycles. The Hall–Kier alpha value is -1.56. The summed E-state index contributed by atoms with van der Waals surface area (Å²) in [6, 6.07) is 4.51. The van der Waals surface area contributed by atoms with E-state index in [0.29, 0.717) is 18.5 Å². The minimum absolute atomic E-state index is 0.177. The number of nitrogens with zero attached hydrogens (tertiary/aromatic N) is 1. The second-order valence-electron chi connectivity index (χ2n) is 4.71. The van der Waals surface area contributed by atoms with E-state index in [1.54, 1.807) is 6.07 Å². The molecule has 1 fully saturated rings. The van der Waals surface area contributed by atoms with Crippen LogP contribution in [0.5, 0.6) is 0 Å². The minimum Gasteiger partial charge on any atom is -0.337 e. The first kappa shape index (κ1) is 13.9. The first-order chi connectivity index (χ1) is 8.88. The second-order valence-corrected chi connectivity index (χ2v) is 4.71. The lowest BCUT2D eigenvalue weighted by Crippen LogP contribution is -2.47. The van der Waals surface area contributed by atoms with Crippen LogP contribution >= 0.6 is 0 Å². The van der Waals surface area contributed by atoms with Crippen LogP contribution in [0.2, 0.25) is 0 Å². The van der Waals surface area contributed by atoms with Gasteiger partial charge >= 0.3 is 6.18 Å². The molecule has 1 atom stereocenters. The zero-order chi connectivity index (χ0) is 14.0. The van der Waals surface area contributed by atoms with Gasteiger partial charge < -0.3 is 10.6 Å². The summed E-state index contributed by atoms with van der Waals surface area (Å²) in [4.78, 5) is 13.3. The van der Waals surface area contributed by atoms with Gasteiger partial charge in [0, 0.05) is 13.1 Å². The van der Waals surface area contributed by atoms with Crippen LogP contribution in [-0.4, -0.2) is 23.4 Å². The lowest BCUT2D eigenvalue weighted by atomic mass is 10.0. The van der Waals surface area contributed by atoms with E-state index in [1.165, 1.54) is 11.0 Å². The summed E-state index contributed by atoms with van der Waals surface area (Å²) in [6.45, 7) is 0.721. The number of carbonyl (C=O) groups excluding carboxylic acids is 1. The summed E-state index contributed by atoms with van der Waals surface area (Å²) in [7, 11) is 0. The first-order valence-corrected chi connectivity index (χ1v) is 6.08. The van der Waals surface area contributed by atoms with E-state index in [2.05, 4.69) is 0 Å². The summed E-state index contributed by atoms with van der Waals surface area (Å²) < 4.78 is 37.8. The fourth-order valence-electron chi connectivity index (χ4n) is 2.19. The number of likely N-dealkylation sites (tertiary alicyclic amines) is 1. The van der Waals surface area contributed by atoms with E-state index >= 15 is 0 Å². The largest absolute Gasteiger partial charge is 0.416 e. The van der Waals surface area contributed by atoms with Crippen molar-refractivity contribution < 1.29 is 18.0 Å². The molecule has 2 rings (SSSR count). The molecule has 0 aromatic heterocycles. The molecule has 0 unspecified atom stereocenters. The molecule has 1 aliphatic heterocycles. The first-order valence-electron chi connectivity index (χ1n) is 6.08. The molecule has 104 valence electrons. The third-order valence-electron chi connectivity index (χ3n) is 3.20. The van der Waals surface area contributed by atoms with Crippen molar-refractivity contribution in [1.82, 2.24) is 4.90 Å². The molecule has 19 heavy (non-hydrogen) atoms. The van der Waals surface area contributed by atoms with E-state index in [1.807, 2.05) is 0 Å². The average molecular weight is 272 g/mol. The van der Waals surface area contributed by atoms with Crippen LogP contribution in [0.3, 0.4) is 0 Å². The van der Waals surface area contributed by atoms with Gasteiger partial charge in [0.2, 0.25) is 5.91 Å². The topological polar surface area (TPSA) is 46.3 Å². The Kier molecular flexibility index (Phi) is 3.80. The Bertz CT molecular complexity index is 473. The fraction of sp³-hybridized carbons (Fsp3) is 0.462. The number of hydrogen-bond acceptors (Lipinski definition) is 2. The lowest BCUT2D eigenvalue weighted by molar-refractivity contribution is -0.137. The van der Waals surface area contributed by atoms with Crippen LogP contribution in [-0.2, 0) is 17.5 Å². The maximum atomic E-state index is 12.6. The van der Waals surface area contributed by atoms with Crippen molar-refractivity contribution in [2.24, 2.45) is 5.73 Å². The van der Waals surface area contributed by atoms with Crippen LogP contribution in [0.1, 0.15) is 24.0 Å². The van der Waals surface area contributed by atoms with Crippen molar-refractivity contribution in [3.63, 3.8) is 0 Å². The van der Waals surface area contributed by atoms with Gasteiger partial charge in [0.1, 0.15) is 0 Å². The zero-order valence-electron chi connectivity index (χ0n) is 10.3. The van der Waals surface area contributed by atoms with Gasteiger partial charge in [-0.1, -0.05) is 12.1 Å². The van der Waals surface area contributed by atoms with Crippen molar-refractivity contribution in [2.45, 2.75) is 31.6 Å². The van der Waals surface area contributed by atoms with Crippen LogP contribution in [0.25, 0.3) is 0 Å². The number of piperidine rings is 1. The monoisotopic (exact) mass is 272 g/mol. The summed E-state index contributed by atoms with van der Waals surface area (Å²) in [5.74, 6) is -0.191. The van der Waals surface area contributed by atoms with Gasteiger partial charge in [-0.05, 0) is 30.5 Å². The van der Waals surface area contributed by atoms with E-state index < -0.39 is 17.8 Å². The van der Waals surface area contributed by atoms with Crippen LogP contribution in [0, 0.1) is 0 Å². The van der Waals surface area contributed by atoms with Gasteiger partial charge in [0.05, 0.1) is 11.6 Å². The predicted octanol–water partition coefficient (Wildman–Crippen LogP) is 2.16. The average Bonchev–Trinajstić information content (AvgIpc) is 2.34. The molecule has 2 N–H and O–H groups in total. The summed E-state index contributed by atoms with van der Waals surface area (Å²) >= 11 is 0. The molecule has 1 amide bonds. The number of amides is 1. The summed E-state index contributed by atoms with van der Waals surface area (Å²) in [5, 5.41) is 0. The normalized spacial score (nSPS) is 20.7. The molecule has 0 aliphatic carbocycles. The van der Waals surface area contributed by atoms with Crippen LogP contribution in [0.4, 0.5) is 13.2 Å². The van der Waals surface area contributed by atoms with Gasteiger partial charge in [-0.15, -0.1) is 0 Å². The third-order valence-corrected chi connectivity index (χ3v) is 3.20. The second kappa shape index (κ2) is 5.21. The Morgan fingerprint density at radius 3 is 2.79 bits per heavy atom. The molecule has 0 saturated carbocycles. The van der Waals surface area contributed by atoms with Gasteiger partial charge in [0.25, 0.3) is 0 Å². The number of halogens is 3. The quantitative estimate of drug-likeness (QED) is 0.896. The molecule has 1 aliphatic rings. The van der Waals surface area contributed by atoms with Gasteiger partial charge in [-0.2, -0.15) is 13.2 Å². The van der Waals surface area contributed by atoms with Gasteiger partial charge in [0.15, 0.2) is 0 Å². The molecular weight excluding hydrogens is 257 g/mol. The molecular formula is C13H15F3N2O. The molecule has 0 spiro atoms. The van der Waals surface area contributed by atoms with Crippen molar-refractivity contribution in [2.75, 3.05) is 6.54 Å². The molecule has 1 heterocycles. The van der Waals surface area contributed by atoms with Crippen molar-refractivity contribution in [3.05, 3.63) is 35.4 Å². The van der Waals surface area contributed by atoms with Crippen molar-refractivity contribution >= 4 is 5.91 Å².